The van der Waals surface area contributed by atoms with E-state index in [1.807, 2.05) is 6.92 Å². The van der Waals surface area contributed by atoms with Gasteiger partial charge in [-0.2, -0.15) is 0 Å². The second-order valence-electron chi connectivity index (χ2n) is 4.96. The lowest BCUT2D eigenvalue weighted by molar-refractivity contribution is -0.101. The number of aryl methyl sites for hydroxylation is 1. The van der Waals surface area contributed by atoms with Crippen LogP contribution in [0.25, 0.3) is 0 Å². The van der Waals surface area contributed by atoms with Crippen LogP contribution in [0.15, 0.2) is 6.07 Å². The van der Waals surface area contributed by atoms with Gasteiger partial charge >= 0.3 is 0 Å². The molecule has 0 radical (unpaired) electrons. The molecule has 1 aliphatic heterocycles. The number of ether oxygens (including phenoxy) is 1. The number of rotatable bonds is 3. The fourth-order valence-corrected chi connectivity index (χ4v) is 2.08. The van der Waals surface area contributed by atoms with Crippen molar-refractivity contribution in [2.45, 2.75) is 26.7 Å². The number of halogens is 3. The topological polar surface area (TPSA) is 9.23 Å². The van der Waals surface area contributed by atoms with Gasteiger partial charge in [0.2, 0.25) is 0 Å². The minimum Gasteiger partial charge on any atom is -0.380 e. The molecular weight excluding hydrogens is 229 g/mol. The van der Waals surface area contributed by atoms with Crippen LogP contribution in [-0.4, -0.2) is 13.2 Å². The van der Waals surface area contributed by atoms with Crippen LogP contribution in [-0.2, 0) is 17.6 Å². The zero-order valence-electron chi connectivity index (χ0n) is 9.95. The van der Waals surface area contributed by atoms with Gasteiger partial charge in [-0.05, 0) is 24.5 Å². The predicted octanol–water partition coefficient (Wildman–Crippen LogP) is 3.25. The first kappa shape index (κ1) is 12.4. The van der Waals surface area contributed by atoms with Crippen molar-refractivity contribution in [3.8, 4) is 0 Å². The summed E-state index contributed by atoms with van der Waals surface area (Å²) in [5, 5.41) is 0. The molecule has 1 aliphatic rings. The van der Waals surface area contributed by atoms with Gasteiger partial charge in [0.1, 0.15) is 5.82 Å². The van der Waals surface area contributed by atoms with E-state index in [-0.39, 0.29) is 29.4 Å². The molecule has 1 heterocycles. The van der Waals surface area contributed by atoms with Gasteiger partial charge in [0.15, 0.2) is 11.6 Å². The highest BCUT2D eigenvalue weighted by Gasteiger charge is 2.36. The van der Waals surface area contributed by atoms with Crippen molar-refractivity contribution in [1.82, 2.24) is 0 Å². The van der Waals surface area contributed by atoms with Crippen molar-refractivity contribution >= 4 is 0 Å². The average molecular weight is 244 g/mol. The zero-order chi connectivity index (χ0) is 12.6. The van der Waals surface area contributed by atoms with Gasteiger partial charge < -0.3 is 4.74 Å². The smallest absolute Gasteiger partial charge is 0.165 e. The van der Waals surface area contributed by atoms with E-state index >= 15 is 0 Å². The first-order chi connectivity index (χ1) is 7.97. The highest BCUT2D eigenvalue weighted by molar-refractivity contribution is 5.29. The largest absolute Gasteiger partial charge is 0.380 e. The molecule has 17 heavy (non-hydrogen) atoms. The molecule has 94 valence electrons. The second-order valence-corrected chi connectivity index (χ2v) is 4.96. The van der Waals surface area contributed by atoms with E-state index in [1.165, 1.54) is 0 Å². The summed E-state index contributed by atoms with van der Waals surface area (Å²) in [6.45, 7) is 4.46. The summed E-state index contributed by atoms with van der Waals surface area (Å²) in [6, 6.07) is 1.09. The van der Waals surface area contributed by atoms with Crippen molar-refractivity contribution in [1.29, 1.82) is 0 Å². The standard InChI is InChI=1S/C13H15F3O/c1-3-8-4-10(14)9(12(16)11(8)15)5-13(2)6-17-7-13/h4H,3,5-7H2,1-2H3. The Morgan fingerprint density at radius 3 is 2.35 bits per heavy atom. The maximum absolute atomic E-state index is 13.7. The first-order valence-electron chi connectivity index (χ1n) is 5.70. The molecule has 0 aliphatic carbocycles. The SMILES string of the molecule is CCc1cc(F)c(CC2(C)COC2)c(F)c1F. The monoisotopic (exact) mass is 244 g/mol. The van der Waals surface area contributed by atoms with Gasteiger partial charge in [-0.3, -0.25) is 0 Å². The second kappa shape index (κ2) is 4.33. The van der Waals surface area contributed by atoms with E-state index in [9.17, 15) is 13.2 Å². The van der Waals surface area contributed by atoms with Crippen LogP contribution in [0.5, 0.6) is 0 Å². The van der Waals surface area contributed by atoms with Crippen molar-refractivity contribution in [2.75, 3.05) is 13.2 Å². The van der Waals surface area contributed by atoms with Crippen LogP contribution >= 0.6 is 0 Å². The van der Waals surface area contributed by atoms with E-state index in [1.54, 1.807) is 6.92 Å². The lowest BCUT2D eigenvalue weighted by Crippen LogP contribution is -2.42. The fourth-order valence-electron chi connectivity index (χ4n) is 2.08. The van der Waals surface area contributed by atoms with E-state index in [0.29, 0.717) is 13.2 Å². The molecule has 0 saturated carbocycles. The highest BCUT2D eigenvalue weighted by Crippen LogP contribution is 2.33. The predicted molar refractivity (Wildman–Crippen MR) is 58.3 cm³/mol. The molecule has 2 rings (SSSR count). The molecule has 0 spiro atoms. The Morgan fingerprint density at radius 1 is 1.24 bits per heavy atom. The quantitative estimate of drug-likeness (QED) is 0.742. The summed E-state index contributed by atoms with van der Waals surface area (Å²) in [6.07, 6.45) is 0.450. The maximum atomic E-state index is 13.7. The third-order valence-corrected chi connectivity index (χ3v) is 3.21. The van der Waals surface area contributed by atoms with E-state index in [4.69, 9.17) is 4.74 Å². The third kappa shape index (κ3) is 2.18. The van der Waals surface area contributed by atoms with Crippen LogP contribution in [0.1, 0.15) is 25.0 Å². The van der Waals surface area contributed by atoms with Crippen LogP contribution in [0, 0.1) is 22.9 Å². The van der Waals surface area contributed by atoms with Crippen molar-refractivity contribution in [2.24, 2.45) is 5.41 Å². The summed E-state index contributed by atoms with van der Waals surface area (Å²) in [5.41, 5.74) is -0.355. The minimum atomic E-state index is -1.05. The minimum absolute atomic E-state index is 0.0822. The Labute approximate surface area is 98.6 Å². The molecule has 4 heteroatoms. The molecular formula is C13H15F3O. The van der Waals surface area contributed by atoms with E-state index in [0.717, 1.165) is 6.07 Å². The van der Waals surface area contributed by atoms with Gasteiger partial charge in [-0.1, -0.05) is 13.8 Å². The molecule has 1 aromatic carbocycles. The molecule has 1 nitrogen and oxygen atoms in total. The van der Waals surface area contributed by atoms with Crippen LogP contribution in [0.4, 0.5) is 13.2 Å². The van der Waals surface area contributed by atoms with Gasteiger partial charge in [0, 0.05) is 11.0 Å². The summed E-state index contributed by atoms with van der Waals surface area (Å²) in [5.74, 6) is -2.63. The first-order valence-corrected chi connectivity index (χ1v) is 5.70. The number of hydrogen-bond donors (Lipinski definition) is 0. The molecule has 1 saturated heterocycles. The lowest BCUT2D eigenvalue weighted by atomic mass is 9.81. The van der Waals surface area contributed by atoms with Crippen molar-refractivity contribution in [3.05, 3.63) is 34.6 Å². The molecule has 0 amide bonds. The van der Waals surface area contributed by atoms with Gasteiger partial charge in [-0.25, -0.2) is 13.2 Å². The van der Waals surface area contributed by atoms with Crippen LogP contribution < -0.4 is 0 Å². The maximum Gasteiger partial charge on any atom is 0.165 e. The Hall–Kier alpha value is -1.03. The van der Waals surface area contributed by atoms with Crippen molar-refractivity contribution < 1.29 is 17.9 Å². The highest BCUT2D eigenvalue weighted by atomic mass is 19.2. The lowest BCUT2D eigenvalue weighted by Gasteiger charge is -2.38. The van der Waals surface area contributed by atoms with Gasteiger partial charge in [0.25, 0.3) is 0 Å². The summed E-state index contributed by atoms with van der Waals surface area (Å²) in [7, 11) is 0. The zero-order valence-corrected chi connectivity index (χ0v) is 9.95. The summed E-state index contributed by atoms with van der Waals surface area (Å²) in [4.78, 5) is 0. The van der Waals surface area contributed by atoms with Crippen molar-refractivity contribution in [3.63, 3.8) is 0 Å². The van der Waals surface area contributed by atoms with Crippen LogP contribution in [0.2, 0.25) is 0 Å². The molecule has 0 atom stereocenters. The van der Waals surface area contributed by atoms with Gasteiger partial charge in [0.05, 0.1) is 13.2 Å². The number of benzene rings is 1. The molecule has 0 N–H and O–H groups in total. The number of hydrogen-bond acceptors (Lipinski definition) is 1. The van der Waals surface area contributed by atoms with Crippen LogP contribution in [0.3, 0.4) is 0 Å². The summed E-state index contributed by atoms with van der Waals surface area (Å²) >= 11 is 0. The summed E-state index contributed by atoms with van der Waals surface area (Å²) < 4.78 is 46.1. The van der Waals surface area contributed by atoms with E-state index < -0.39 is 17.5 Å². The van der Waals surface area contributed by atoms with E-state index in [2.05, 4.69) is 0 Å². The molecule has 0 bridgehead atoms. The Balaban J connectivity index is 2.37. The fraction of sp³-hybridized carbons (Fsp3) is 0.538. The third-order valence-electron chi connectivity index (χ3n) is 3.21. The molecule has 0 aromatic heterocycles. The Morgan fingerprint density at radius 2 is 1.88 bits per heavy atom. The molecule has 0 unspecified atom stereocenters. The molecule has 1 aromatic rings. The Kier molecular flexibility index (Phi) is 3.17. The Bertz CT molecular complexity index is 439. The molecule has 1 fully saturated rings. The normalized spacial score (nSPS) is 17.9. The van der Waals surface area contributed by atoms with Gasteiger partial charge in [-0.15, -0.1) is 0 Å². The average Bonchev–Trinajstić information content (AvgIpc) is 2.27.